The van der Waals surface area contributed by atoms with Crippen molar-refractivity contribution in [2.75, 3.05) is 0 Å². The van der Waals surface area contributed by atoms with Crippen LogP contribution in [0.15, 0.2) is 35.5 Å². The highest BCUT2D eigenvalue weighted by molar-refractivity contribution is 6.32. The number of aromatic amines is 1. The van der Waals surface area contributed by atoms with E-state index in [4.69, 9.17) is 23.2 Å². The molecule has 5 nitrogen and oxygen atoms in total. The molecule has 0 amide bonds. The Morgan fingerprint density at radius 1 is 1.36 bits per heavy atom. The zero-order valence-corrected chi connectivity index (χ0v) is 15.9. The molecule has 1 aromatic carbocycles. The summed E-state index contributed by atoms with van der Waals surface area (Å²) in [6, 6.07) is 9.05. The maximum atomic E-state index is 13.2. The van der Waals surface area contributed by atoms with Gasteiger partial charge in [0.15, 0.2) is 5.82 Å². The zero-order valence-electron chi connectivity index (χ0n) is 14.3. The van der Waals surface area contributed by atoms with Crippen molar-refractivity contribution < 1.29 is 13.2 Å². The van der Waals surface area contributed by atoms with E-state index in [1.54, 1.807) is 18.2 Å². The molecule has 0 unspecified atom stereocenters. The van der Waals surface area contributed by atoms with E-state index in [0.717, 1.165) is 22.5 Å². The van der Waals surface area contributed by atoms with Crippen LogP contribution in [0.2, 0.25) is 10.2 Å². The number of aliphatic imine (C=N–C) groups is 1. The molecule has 2 heterocycles. The summed E-state index contributed by atoms with van der Waals surface area (Å²) in [6.07, 6.45) is -2.41. The first-order chi connectivity index (χ1) is 13.2. The summed E-state index contributed by atoms with van der Waals surface area (Å²) in [5.41, 5.74) is 0.245. The standard InChI is InChI=1S/C18H12Cl2F3N5/c1-28-9-14(18(21,22)23)13(16(28)20)8-25-17-12(7-24)15(26-27-17)6-10-3-2-4-11(19)5-10/h2-5,8-9H,6H2,1H3,(H,26,27). The van der Waals surface area contributed by atoms with Gasteiger partial charge in [0, 0.05) is 36.5 Å². The predicted molar refractivity (Wildman–Crippen MR) is 100 cm³/mol. The first kappa shape index (κ1) is 20.0. The van der Waals surface area contributed by atoms with Gasteiger partial charge < -0.3 is 4.57 Å². The molecule has 3 aromatic rings. The first-order valence-corrected chi connectivity index (χ1v) is 8.64. The number of aryl methyl sites for hydroxylation is 1. The van der Waals surface area contributed by atoms with Gasteiger partial charge >= 0.3 is 6.18 Å². The minimum absolute atomic E-state index is 0.0208. The Labute approximate surface area is 168 Å². The molecule has 144 valence electrons. The maximum Gasteiger partial charge on any atom is 0.418 e. The van der Waals surface area contributed by atoms with Crippen molar-refractivity contribution in [3.8, 4) is 6.07 Å². The van der Waals surface area contributed by atoms with Crippen molar-refractivity contribution in [3.63, 3.8) is 0 Å². The Morgan fingerprint density at radius 3 is 2.75 bits per heavy atom. The van der Waals surface area contributed by atoms with E-state index < -0.39 is 11.7 Å². The summed E-state index contributed by atoms with van der Waals surface area (Å²) in [5, 5.41) is 16.5. The summed E-state index contributed by atoms with van der Waals surface area (Å²) in [4.78, 5) is 3.96. The third kappa shape index (κ3) is 4.06. The Balaban J connectivity index is 1.95. The smallest absolute Gasteiger partial charge is 0.341 e. The van der Waals surface area contributed by atoms with Gasteiger partial charge in [-0.1, -0.05) is 35.3 Å². The van der Waals surface area contributed by atoms with Crippen LogP contribution in [0, 0.1) is 11.3 Å². The lowest BCUT2D eigenvalue weighted by Crippen LogP contribution is -2.06. The monoisotopic (exact) mass is 425 g/mol. The van der Waals surface area contributed by atoms with Crippen LogP contribution in [0.25, 0.3) is 0 Å². The summed E-state index contributed by atoms with van der Waals surface area (Å²) < 4.78 is 40.7. The van der Waals surface area contributed by atoms with Gasteiger partial charge in [0.2, 0.25) is 0 Å². The second-order valence-electron chi connectivity index (χ2n) is 5.93. The van der Waals surface area contributed by atoms with Gasteiger partial charge in [-0.25, -0.2) is 4.99 Å². The van der Waals surface area contributed by atoms with Crippen LogP contribution in [-0.2, 0) is 19.6 Å². The zero-order chi connectivity index (χ0) is 20.5. The fourth-order valence-corrected chi connectivity index (χ4v) is 3.06. The lowest BCUT2D eigenvalue weighted by Gasteiger charge is -2.04. The van der Waals surface area contributed by atoms with Crippen LogP contribution in [0.1, 0.15) is 27.9 Å². The number of nitrogens with one attached hydrogen (secondary N) is 1. The number of nitriles is 1. The molecule has 0 spiro atoms. The fraction of sp³-hybridized carbons (Fsp3) is 0.167. The van der Waals surface area contributed by atoms with Crippen molar-refractivity contribution in [1.82, 2.24) is 14.8 Å². The minimum atomic E-state index is -4.59. The van der Waals surface area contributed by atoms with E-state index >= 15 is 0 Å². The molecule has 28 heavy (non-hydrogen) atoms. The average Bonchev–Trinajstić information content (AvgIpc) is 3.14. The number of hydrogen-bond acceptors (Lipinski definition) is 3. The molecule has 0 radical (unpaired) electrons. The Kier molecular flexibility index (Phi) is 5.49. The quantitative estimate of drug-likeness (QED) is 0.577. The number of hydrogen-bond donors (Lipinski definition) is 1. The van der Waals surface area contributed by atoms with E-state index in [-0.39, 0.29) is 22.1 Å². The molecular weight excluding hydrogens is 414 g/mol. The van der Waals surface area contributed by atoms with Gasteiger partial charge in [-0.15, -0.1) is 0 Å². The molecule has 0 atom stereocenters. The number of nitrogens with zero attached hydrogens (tertiary/aromatic N) is 4. The van der Waals surface area contributed by atoms with Gasteiger partial charge in [0.1, 0.15) is 16.8 Å². The Bertz CT molecular complexity index is 1090. The van der Waals surface area contributed by atoms with Crippen molar-refractivity contribution in [1.29, 1.82) is 5.26 Å². The first-order valence-electron chi connectivity index (χ1n) is 7.88. The van der Waals surface area contributed by atoms with Crippen molar-refractivity contribution in [2.24, 2.45) is 12.0 Å². The molecule has 10 heteroatoms. The lowest BCUT2D eigenvalue weighted by atomic mass is 10.1. The highest BCUT2D eigenvalue weighted by Crippen LogP contribution is 2.35. The van der Waals surface area contributed by atoms with E-state index in [1.807, 2.05) is 12.1 Å². The second kappa shape index (κ2) is 7.70. The number of benzene rings is 1. The number of aromatic nitrogens is 3. The van der Waals surface area contributed by atoms with Crippen molar-refractivity contribution in [3.05, 3.63) is 68.6 Å². The molecular formula is C18H12Cl2F3N5. The van der Waals surface area contributed by atoms with Crippen molar-refractivity contribution in [2.45, 2.75) is 12.6 Å². The Morgan fingerprint density at radius 2 is 2.11 bits per heavy atom. The summed E-state index contributed by atoms with van der Waals surface area (Å²) in [6.45, 7) is 0. The van der Waals surface area contributed by atoms with Crippen LogP contribution in [0.4, 0.5) is 19.0 Å². The van der Waals surface area contributed by atoms with E-state index in [9.17, 15) is 18.4 Å². The van der Waals surface area contributed by atoms with Crippen LogP contribution < -0.4 is 0 Å². The molecule has 0 saturated carbocycles. The minimum Gasteiger partial charge on any atom is -0.341 e. The highest BCUT2D eigenvalue weighted by Gasteiger charge is 2.36. The molecule has 0 aliphatic rings. The third-order valence-corrected chi connectivity index (χ3v) is 4.68. The van der Waals surface area contributed by atoms with E-state index in [2.05, 4.69) is 15.2 Å². The third-order valence-electron chi connectivity index (χ3n) is 3.97. The molecule has 3 rings (SSSR count). The highest BCUT2D eigenvalue weighted by atomic mass is 35.5. The molecule has 0 aliphatic heterocycles. The Hall–Kier alpha value is -2.76. The molecule has 0 fully saturated rings. The van der Waals surface area contributed by atoms with Crippen LogP contribution in [0.5, 0.6) is 0 Å². The molecule has 1 N–H and O–H groups in total. The average molecular weight is 426 g/mol. The van der Waals surface area contributed by atoms with Gasteiger partial charge in [0.05, 0.1) is 11.3 Å². The number of alkyl halides is 3. The normalized spacial score (nSPS) is 11.9. The van der Waals surface area contributed by atoms with Gasteiger partial charge in [-0.05, 0) is 17.7 Å². The van der Waals surface area contributed by atoms with Gasteiger partial charge in [-0.3, -0.25) is 5.10 Å². The fourth-order valence-electron chi connectivity index (χ4n) is 2.65. The summed E-state index contributed by atoms with van der Waals surface area (Å²) in [7, 11) is 1.40. The van der Waals surface area contributed by atoms with Crippen LogP contribution in [-0.4, -0.2) is 21.0 Å². The maximum absolute atomic E-state index is 13.2. The van der Waals surface area contributed by atoms with Gasteiger partial charge in [-0.2, -0.15) is 23.5 Å². The van der Waals surface area contributed by atoms with Crippen LogP contribution >= 0.6 is 23.2 Å². The molecule has 0 saturated heterocycles. The number of H-pyrrole nitrogens is 1. The number of halogens is 5. The van der Waals surface area contributed by atoms with E-state index in [0.29, 0.717) is 17.1 Å². The van der Waals surface area contributed by atoms with Crippen LogP contribution in [0.3, 0.4) is 0 Å². The number of rotatable bonds is 4. The summed E-state index contributed by atoms with van der Waals surface area (Å²) >= 11 is 11.9. The largest absolute Gasteiger partial charge is 0.418 e. The molecule has 0 aliphatic carbocycles. The predicted octanol–water partition coefficient (Wildman–Crippen LogP) is 5.29. The van der Waals surface area contributed by atoms with Crippen molar-refractivity contribution >= 4 is 35.2 Å². The SMILES string of the molecule is Cn1cc(C(F)(F)F)c(C=Nc2n[nH]c(Cc3cccc(Cl)c3)c2C#N)c1Cl. The lowest BCUT2D eigenvalue weighted by molar-refractivity contribution is -0.137. The topological polar surface area (TPSA) is 69.8 Å². The van der Waals surface area contributed by atoms with E-state index in [1.165, 1.54) is 7.05 Å². The van der Waals surface area contributed by atoms with Gasteiger partial charge in [0.25, 0.3) is 0 Å². The second-order valence-corrected chi connectivity index (χ2v) is 6.73. The summed E-state index contributed by atoms with van der Waals surface area (Å²) in [5.74, 6) is -0.0208. The molecule has 2 aromatic heterocycles. The molecule has 0 bridgehead atoms.